The van der Waals surface area contributed by atoms with Crippen molar-refractivity contribution in [1.82, 2.24) is 4.98 Å². The number of pyridine rings is 1. The van der Waals surface area contributed by atoms with Gasteiger partial charge < -0.3 is 0 Å². The molecular formula is C13H15N. The van der Waals surface area contributed by atoms with Gasteiger partial charge in [0.15, 0.2) is 0 Å². The summed E-state index contributed by atoms with van der Waals surface area (Å²) in [4.78, 5) is 4.16. The fraction of sp³-hybridized carbons (Fsp3) is 0.308. The summed E-state index contributed by atoms with van der Waals surface area (Å²) in [6, 6.07) is 4.10. The van der Waals surface area contributed by atoms with E-state index in [1.807, 2.05) is 18.5 Å². The van der Waals surface area contributed by atoms with E-state index in [-0.39, 0.29) is 5.41 Å². The fourth-order valence-corrected chi connectivity index (χ4v) is 1.82. The maximum Gasteiger partial charge on any atom is 0.0343 e. The van der Waals surface area contributed by atoms with Gasteiger partial charge in [-0.05, 0) is 24.1 Å². The third kappa shape index (κ3) is 1.29. The average Bonchev–Trinajstić information content (AvgIpc) is 2.44. The zero-order valence-electron chi connectivity index (χ0n) is 8.91. The van der Waals surface area contributed by atoms with E-state index in [2.05, 4.69) is 44.0 Å². The van der Waals surface area contributed by atoms with Crippen molar-refractivity contribution in [3.8, 4) is 0 Å². The Bertz CT molecular complexity index is 397. The Morgan fingerprint density at radius 2 is 2.00 bits per heavy atom. The zero-order chi connectivity index (χ0) is 10.2. The van der Waals surface area contributed by atoms with E-state index in [4.69, 9.17) is 0 Å². The molecule has 0 unspecified atom stereocenters. The van der Waals surface area contributed by atoms with Crippen LogP contribution >= 0.6 is 0 Å². The molecule has 0 saturated carbocycles. The molecule has 14 heavy (non-hydrogen) atoms. The Labute approximate surface area is 85.2 Å². The molecule has 0 aliphatic heterocycles. The second-order valence-electron chi connectivity index (χ2n) is 4.30. The van der Waals surface area contributed by atoms with Gasteiger partial charge in [0.1, 0.15) is 0 Å². The lowest BCUT2D eigenvalue weighted by molar-refractivity contribution is 0.612. The predicted molar refractivity (Wildman–Crippen MR) is 59.8 cm³/mol. The quantitative estimate of drug-likeness (QED) is 0.653. The number of hydrogen-bond donors (Lipinski definition) is 0. The first-order valence-corrected chi connectivity index (χ1v) is 4.92. The van der Waals surface area contributed by atoms with Crippen molar-refractivity contribution < 1.29 is 0 Å². The Morgan fingerprint density at radius 1 is 1.21 bits per heavy atom. The molecule has 72 valence electrons. The highest BCUT2D eigenvalue weighted by Crippen LogP contribution is 2.44. The summed E-state index contributed by atoms with van der Waals surface area (Å²) in [7, 11) is 0. The topological polar surface area (TPSA) is 12.9 Å². The van der Waals surface area contributed by atoms with E-state index in [1.54, 1.807) is 0 Å². The standard InChI is InChI=1S/C13H15N/c1-10-6-7-12(13(10,2)3)11-5-4-8-14-9-11/h4-9H,1-3H3. The van der Waals surface area contributed by atoms with Crippen molar-refractivity contribution in [1.29, 1.82) is 0 Å². The van der Waals surface area contributed by atoms with Crippen LogP contribution in [0.4, 0.5) is 0 Å². The van der Waals surface area contributed by atoms with Crippen LogP contribution in [-0.2, 0) is 0 Å². The number of hydrogen-bond acceptors (Lipinski definition) is 1. The third-order valence-electron chi connectivity index (χ3n) is 3.13. The third-order valence-corrected chi connectivity index (χ3v) is 3.13. The Kier molecular flexibility index (Phi) is 2.03. The predicted octanol–water partition coefficient (Wildman–Crippen LogP) is 3.45. The van der Waals surface area contributed by atoms with Crippen LogP contribution in [0.15, 0.2) is 42.3 Å². The van der Waals surface area contributed by atoms with E-state index >= 15 is 0 Å². The summed E-state index contributed by atoms with van der Waals surface area (Å²) in [5.41, 5.74) is 4.16. The second kappa shape index (κ2) is 3.09. The molecule has 1 nitrogen and oxygen atoms in total. The molecule has 2 rings (SSSR count). The van der Waals surface area contributed by atoms with E-state index in [1.165, 1.54) is 16.7 Å². The van der Waals surface area contributed by atoms with Gasteiger partial charge in [-0.2, -0.15) is 0 Å². The van der Waals surface area contributed by atoms with Crippen molar-refractivity contribution in [2.24, 2.45) is 5.41 Å². The molecule has 1 aliphatic rings. The molecule has 0 bridgehead atoms. The molecule has 1 aromatic rings. The largest absolute Gasteiger partial charge is 0.264 e. The minimum atomic E-state index is 0.156. The molecule has 1 aromatic heterocycles. The number of nitrogens with zero attached hydrogens (tertiary/aromatic N) is 1. The SMILES string of the molecule is CC1=CC=C(c2cccnc2)C1(C)C. The van der Waals surface area contributed by atoms with Crippen molar-refractivity contribution >= 4 is 5.57 Å². The van der Waals surface area contributed by atoms with E-state index < -0.39 is 0 Å². The van der Waals surface area contributed by atoms with Gasteiger partial charge >= 0.3 is 0 Å². The van der Waals surface area contributed by atoms with Gasteiger partial charge in [-0.25, -0.2) is 0 Å². The minimum absolute atomic E-state index is 0.156. The summed E-state index contributed by atoms with van der Waals surface area (Å²) in [5.74, 6) is 0. The minimum Gasteiger partial charge on any atom is -0.264 e. The van der Waals surface area contributed by atoms with Crippen LogP contribution < -0.4 is 0 Å². The van der Waals surface area contributed by atoms with Gasteiger partial charge in [-0.3, -0.25) is 4.98 Å². The molecule has 0 fully saturated rings. The Hall–Kier alpha value is -1.37. The van der Waals surface area contributed by atoms with Crippen molar-refractivity contribution in [2.45, 2.75) is 20.8 Å². The summed E-state index contributed by atoms with van der Waals surface area (Å²) in [5, 5.41) is 0. The van der Waals surface area contributed by atoms with Crippen LogP contribution in [0.5, 0.6) is 0 Å². The molecule has 0 saturated heterocycles. The van der Waals surface area contributed by atoms with Crippen LogP contribution in [0.2, 0.25) is 0 Å². The molecular weight excluding hydrogens is 170 g/mol. The van der Waals surface area contributed by atoms with Gasteiger partial charge in [0.2, 0.25) is 0 Å². The lowest BCUT2D eigenvalue weighted by Crippen LogP contribution is -2.12. The van der Waals surface area contributed by atoms with Crippen LogP contribution in [0.25, 0.3) is 5.57 Å². The number of rotatable bonds is 1. The molecule has 0 radical (unpaired) electrons. The Morgan fingerprint density at radius 3 is 2.50 bits per heavy atom. The monoisotopic (exact) mass is 185 g/mol. The lowest BCUT2D eigenvalue weighted by Gasteiger charge is -2.25. The molecule has 0 aromatic carbocycles. The summed E-state index contributed by atoms with van der Waals surface area (Å²) < 4.78 is 0. The van der Waals surface area contributed by atoms with E-state index in [0.717, 1.165) is 0 Å². The molecule has 0 spiro atoms. The van der Waals surface area contributed by atoms with Crippen molar-refractivity contribution in [3.05, 3.63) is 47.8 Å². The lowest BCUT2D eigenvalue weighted by atomic mass is 9.79. The van der Waals surface area contributed by atoms with Crippen molar-refractivity contribution in [3.63, 3.8) is 0 Å². The van der Waals surface area contributed by atoms with Gasteiger partial charge in [0.05, 0.1) is 0 Å². The first-order valence-electron chi connectivity index (χ1n) is 4.92. The molecule has 0 N–H and O–H groups in total. The first kappa shape index (κ1) is 9.20. The van der Waals surface area contributed by atoms with Gasteiger partial charge in [-0.15, -0.1) is 0 Å². The van der Waals surface area contributed by atoms with Crippen LogP contribution in [-0.4, -0.2) is 4.98 Å². The van der Waals surface area contributed by atoms with E-state index in [9.17, 15) is 0 Å². The van der Waals surface area contributed by atoms with Gasteiger partial charge in [0, 0.05) is 17.8 Å². The van der Waals surface area contributed by atoms with Crippen LogP contribution in [0.1, 0.15) is 26.3 Å². The summed E-state index contributed by atoms with van der Waals surface area (Å²) in [6.45, 7) is 6.69. The second-order valence-corrected chi connectivity index (χ2v) is 4.30. The highest BCUT2D eigenvalue weighted by atomic mass is 14.6. The number of allylic oxidation sites excluding steroid dienone is 4. The van der Waals surface area contributed by atoms with Gasteiger partial charge in [0.25, 0.3) is 0 Å². The zero-order valence-corrected chi connectivity index (χ0v) is 8.91. The summed E-state index contributed by atoms with van der Waals surface area (Å²) in [6.07, 6.45) is 8.14. The average molecular weight is 185 g/mol. The van der Waals surface area contributed by atoms with Gasteiger partial charge in [-0.1, -0.05) is 37.6 Å². The fourth-order valence-electron chi connectivity index (χ4n) is 1.82. The molecule has 1 aliphatic carbocycles. The molecule has 1 heteroatoms. The smallest absolute Gasteiger partial charge is 0.0343 e. The van der Waals surface area contributed by atoms with Crippen LogP contribution in [0.3, 0.4) is 0 Å². The van der Waals surface area contributed by atoms with Crippen molar-refractivity contribution in [2.75, 3.05) is 0 Å². The highest BCUT2D eigenvalue weighted by molar-refractivity contribution is 5.76. The number of aromatic nitrogens is 1. The summed E-state index contributed by atoms with van der Waals surface area (Å²) >= 11 is 0. The highest BCUT2D eigenvalue weighted by Gasteiger charge is 2.29. The Balaban J connectivity index is 2.41. The van der Waals surface area contributed by atoms with Crippen LogP contribution in [0, 0.1) is 5.41 Å². The molecule has 0 amide bonds. The first-order chi connectivity index (χ1) is 6.62. The maximum absolute atomic E-state index is 4.16. The maximum atomic E-state index is 4.16. The van der Waals surface area contributed by atoms with E-state index in [0.29, 0.717) is 0 Å². The normalized spacial score (nSPS) is 19.1. The molecule has 0 atom stereocenters. The molecule has 1 heterocycles.